The lowest BCUT2D eigenvalue weighted by Crippen LogP contribution is -2.56. The minimum Gasteiger partial charge on any atom is -0.368 e. The monoisotopic (exact) mass is 407 g/mol. The molecule has 1 spiro atoms. The molecule has 0 aromatic heterocycles. The molecule has 0 aromatic carbocycles. The number of fused-ring (bicyclic) bond motifs is 2. The molecule has 29 heavy (non-hydrogen) atoms. The highest BCUT2D eigenvalue weighted by Gasteiger charge is 2.48. The molecule has 5 rings (SSSR count). The Labute approximate surface area is 174 Å². The number of rotatable bonds is 2. The second-order valence-corrected chi connectivity index (χ2v) is 10.8. The van der Waals surface area contributed by atoms with Gasteiger partial charge in [0.1, 0.15) is 6.17 Å². The molecule has 5 nitrogen and oxygen atoms in total. The van der Waals surface area contributed by atoms with Gasteiger partial charge in [0, 0.05) is 25.7 Å². The van der Waals surface area contributed by atoms with Crippen LogP contribution in [0.3, 0.4) is 0 Å². The average Bonchev–Trinajstić information content (AvgIpc) is 3.04. The van der Waals surface area contributed by atoms with Crippen LogP contribution in [0.15, 0.2) is 0 Å². The summed E-state index contributed by atoms with van der Waals surface area (Å²) in [7, 11) is 0. The van der Waals surface area contributed by atoms with E-state index in [-0.39, 0.29) is 23.5 Å². The average molecular weight is 408 g/mol. The van der Waals surface area contributed by atoms with Crippen molar-refractivity contribution < 1.29 is 13.9 Å². The van der Waals surface area contributed by atoms with Crippen LogP contribution < -0.4 is 10.6 Å². The molecule has 5 aliphatic rings. The Bertz CT molecular complexity index is 619. The molecule has 6 heteroatoms. The maximum Gasteiger partial charge on any atom is 0.225 e. The van der Waals surface area contributed by atoms with Crippen molar-refractivity contribution in [1.82, 2.24) is 15.5 Å². The number of halogens is 1. The van der Waals surface area contributed by atoms with Gasteiger partial charge >= 0.3 is 0 Å². The zero-order valence-electron chi connectivity index (χ0n) is 17.9. The van der Waals surface area contributed by atoms with Crippen LogP contribution in [0.4, 0.5) is 4.39 Å². The quantitative estimate of drug-likeness (QED) is 0.739. The highest BCUT2D eigenvalue weighted by atomic mass is 19.1. The van der Waals surface area contributed by atoms with Gasteiger partial charge in [0.05, 0.1) is 17.6 Å². The van der Waals surface area contributed by atoms with Gasteiger partial charge in [0.2, 0.25) is 5.91 Å². The number of nitrogens with one attached hydrogen (secondary N) is 2. The van der Waals surface area contributed by atoms with E-state index in [0.717, 1.165) is 56.8 Å². The zero-order valence-corrected chi connectivity index (χ0v) is 17.9. The number of likely N-dealkylation sites (tertiary alicyclic amines) is 1. The van der Waals surface area contributed by atoms with E-state index < -0.39 is 6.17 Å². The second-order valence-electron chi connectivity index (χ2n) is 10.8. The zero-order chi connectivity index (χ0) is 20.0. The van der Waals surface area contributed by atoms with Crippen LogP contribution in [0.5, 0.6) is 0 Å². The van der Waals surface area contributed by atoms with Crippen LogP contribution in [-0.2, 0) is 9.53 Å². The number of ether oxygens (including phenoxy) is 1. The van der Waals surface area contributed by atoms with Crippen LogP contribution in [0, 0.1) is 23.7 Å². The van der Waals surface area contributed by atoms with Crippen LogP contribution in [0.25, 0.3) is 0 Å². The summed E-state index contributed by atoms with van der Waals surface area (Å²) < 4.78 is 20.6. The standard InChI is InChI=1S/C23H38FN3O2/c1-15-3-5-18-16(11-25-20(18)9-15)12-27-8-2-7-23(14-27)13-26-22(28)19-10-17(24)4-6-21(19)29-23/h15-21,25H,2-14H2,1H3,(H,26,28)/t15?,16?,17?,18?,19?,20?,21?,23-/m0/s1. The molecule has 3 aliphatic heterocycles. The second kappa shape index (κ2) is 8.08. The minimum absolute atomic E-state index is 0.00510. The summed E-state index contributed by atoms with van der Waals surface area (Å²) in [5, 5.41) is 6.93. The van der Waals surface area contributed by atoms with Crippen LogP contribution in [0.1, 0.15) is 58.3 Å². The summed E-state index contributed by atoms with van der Waals surface area (Å²) in [6.07, 6.45) is 6.75. The van der Waals surface area contributed by atoms with Gasteiger partial charge < -0.3 is 20.3 Å². The molecule has 5 fully saturated rings. The van der Waals surface area contributed by atoms with E-state index in [9.17, 15) is 9.18 Å². The SMILES string of the molecule is CC1CCC2C(CN3CCC[C@]4(CNC(=O)C5CC(F)CCC5O4)C3)CNC2C1. The molecule has 0 aromatic rings. The first-order chi connectivity index (χ1) is 14.0. The lowest BCUT2D eigenvalue weighted by Gasteiger charge is -2.45. The van der Waals surface area contributed by atoms with E-state index in [0.29, 0.717) is 31.8 Å². The molecule has 2 N–H and O–H groups in total. The Balaban J connectivity index is 1.24. The molecular weight excluding hydrogens is 369 g/mol. The van der Waals surface area contributed by atoms with E-state index in [2.05, 4.69) is 22.5 Å². The Hall–Kier alpha value is -0.720. The minimum atomic E-state index is -0.858. The molecule has 8 atom stereocenters. The van der Waals surface area contributed by atoms with Gasteiger partial charge in [0.25, 0.3) is 0 Å². The van der Waals surface area contributed by atoms with Crippen LogP contribution >= 0.6 is 0 Å². The van der Waals surface area contributed by atoms with Gasteiger partial charge in [-0.25, -0.2) is 4.39 Å². The Morgan fingerprint density at radius 2 is 2.14 bits per heavy atom. The third-order valence-electron chi connectivity index (χ3n) is 8.57. The maximum atomic E-state index is 13.9. The lowest BCUT2D eigenvalue weighted by atomic mass is 9.75. The van der Waals surface area contributed by atoms with Gasteiger partial charge in [-0.15, -0.1) is 0 Å². The number of hydrogen-bond donors (Lipinski definition) is 2. The summed E-state index contributed by atoms with van der Waals surface area (Å²) in [5.74, 6) is 2.11. The van der Waals surface area contributed by atoms with Crippen molar-refractivity contribution in [3.63, 3.8) is 0 Å². The third-order valence-corrected chi connectivity index (χ3v) is 8.57. The normalized spacial score (nSPS) is 48.6. The molecule has 0 bridgehead atoms. The lowest BCUT2D eigenvalue weighted by molar-refractivity contribution is -0.150. The molecule has 3 heterocycles. The number of nitrogens with zero attached hydrogens (tertiary/aromatic N) is 1. The molecular formula is C23H38FN3O2. The van der Waals surface area contributed by atoms with Crippen molar-refractivity contribution in [2.45, 2.75) is 82.2 Å². The van der Waals surface area contributed by atoms with E-state index in [1.165, 1.54) is 19.3 Å². The molecule has 7 unspecified atom stereocenters. The highest BCUT2D eigenvalue weighted by molar-refractivity contribution is 5.79. The third kappa shape index (κ3) is 4.09. The van der Waals surface area contributed by atoms with Crippen molar-refractivity contribution >= 4 is 5.91 Å². The molecule has 2 saturated carbocycles. The van der Waals surface area contributed by atoms with Crippen molar-refractivity contribution in [2.75, 3.05) is 32.7 Å². The summed E-state index contributed by atoms with van der Waals surface area (Å²) in [6.45, 7) is 7.29. The first-order valence-electron chi connectivity index (χ1n) is 12.1. The number of carbonyl (C=O) groups is 1. The smallest absolute Gasteiger partial charge is 0.225 e. The predicted molar refractivity (Wildman–Crippen MR) is 110 cm³/mol. The molecule has 0 radical (unpaired) electrons. The largest absolute Gasteiger partial charge is 0.368 e. The molecule has 164 valence electrons. The van der Waals surface area contributed by atoms with Crippen molar-refractivity contribution in [2.24, 2.45) is 23.7 Å². The maximum absolute atomic E-state index is 13.9. The highest BCUT2D eigenvalue weighted by Crippen LogP contribution is 2.40. The summed E-state index contributed by atoms with van der Waals surface area (Å²) >= 11 is 0. The number of hydrogen-bond acceptors (Lipinski definition) is 4. The molecule has 2 aliphatic carbocycles. The predicted octanol–water partition coefficient (Wildman–Crippen LogP) is 2.50. The van der Waals surface area contributed by atoms with Crippen LogP contribution in [-0.4, -0.2) is 67.4 Å². The van der Waals surface area contributed by atoms with Crippen molar-refractivity contribution in [1.29, 1.82) is 0 Å². The van der Waals surface area contributed by atoms with E-state index in [1.54, 1.807) is 0 Å². The van der Waals surface area contributed by atoms with Crippen molar-refractivity contribution in [3.05, 3.63) is 0 Å². The van der Waals surface area contributed by atoms with Gasteiger partial charge in [-0.05, 0) is 75.8 Å². The number of carbonyl (C=O) groups excluding carboxylic acids is 1. The fraction of sp³-hybridized carbons (Fsp3) is 0.957. The van der Waals surface area contributed by atoms with Gasteiger partial charge in [0.15, 0.2) is 0 Å². The fourth-order valence-corrected chi connectivity index (χ4v) is 7.03. The number of amides is 1. The van der Waals surface area contributed by atoms with E-state index >= 15 is 0 Å². The van der Waals surface area contributed by atoms with E-state index in [4.69, 9.17) is 4.74 Å². The van der Waals surface area contributed by atoms with Gasteiger partial charge in [-0.1, -0.05) is 13.3 Å². The fourth-order valence-electron chi connectivity index (χ4n) is 7.03. The van der Waals surface area contributed by atoms with Gasteiger partial charge in [-0.3, -0.25) is 4.79 Å². The molecule has 3 saturated heterocycles. The summed E-state index contributed by atoms with van der Waals surface area (Å²) in [6, 6.07) is 0.715. The van der Waals surface area contributed by atoms with Crippen molar-refractivity contribution in [3.8, 4) is 0 Å². The van der Waals surface area contributed by atoms with Gasteiger partial charge in [-0.2, -0.15) is 0 Å². The number of piperidine rings is 1. The Morgan fingerprint density at radius 1 is 1.24 bits per heavy atom. The number of alkyl halides is 1. The first-order valence-corrected chi connectivity index (χ1v) is 12.1. The summed E-state index contributed by atoms with van der Waals surface area (Å²) in [5.41, 5.74) is -0.289. The Kier molecular flexibility index (Phi) is 5.63. The van der Waals surface area contributed by atoms with Crippen LogP contribution in [0.2, 0.25) is 0 Å². The first kappa shape index (κ1) is 20.2. The topological polar surface area (TPSA) is 53.6 Å². The molecule has 1 amide bonds. The summed E-state index contributed by atoms with van der Waals surface area (Å²) in [4.78, 5) is 15.2. The van der Waals surface area contributed by atoms with E-state index in [1.807, 2.05) is 0 Å². The Morgan fingerprint density at radius 3 is 3.03 bits per heavy atom.